The van der Waals surface area contributed by atoms with Gasteiger partial charge in [0.05, 0.1) is 0 Å². The third-order valence-electron chi connectivity index (χ3n) is 1.68. The zero-order valence-electron chi connectivity index (χ0n) is 6.83. The number of benzene rings is 1. The maximum absolute atomic E-state index is 10.6. The smallest absolute Gasteiger partial charge is 0.282 e. The van der Waals surface area contributed by atoms with Crippen molar-refractivity contribution >= 4 is 10.1 Å². The average Bonchev–Trinajstić information content (AvgIpc) is 1.92. The van der Waals surface area contributed by atoms with Crippen molar-refractivity contribution in [3.8, 4) is 0 Å². The van der Waals surface area contributed by atoms with Crippen LogP contribution in [0.5, 0.6) is 0 Å². The van der Waals surface area contributed by atoms with Gasteiger partial charge >= 0.3 is 0 Å². The van der Waals surface area contributed by atoms with Crippen LogP contribution in [0, 0.1) is 19.9 Å². The Kier molecular flexibility index (Phi) is 2.21. The molecule has 0 fully saturated rings. The highest BCUT2D eigenvalue weighted by Crippen LogP contribution is 2.13. The van der Waals surface area contributed by atoms with E-state index >= 15 is 0 Å². The van der Waals surface area contributed by atoms with Crippen LogP contribution in [-0.4, -0.2) is 13.0 Å². The predicted molar refractivity (Wildman–Crippen MR) is 44.6 cm³/mol. The van der Waals surface area contributed by atoms with Crippen LogP contribution in [0.15, 0.2) is 17.0 Å². The van der Waals surface area contributed by atoms with Gasteiger partial charge in [-0.2, -0.15) is 8.42 Å². The summed E-state index contributed by atoms with van der Waals surface area (Å²) >= 11 is 0. The second kappa shape index (κ2) is 2.88. The lowest BCUT2D eigenvalue weighted by molar-refractivity contribution is 0.483. The maximum atomic E-state index is 10.6. The van der Waals surface area contributed by atoms with E-state index in [9.17, 15) is 8.42 Å². The van der Waals surface area contributed by atoms with Crippen LogP contribution < -0.4 is 0 Å². The molecular formula is C8H9O3S. The van der Waals surface area contributed by atoms with Crippen molar-refractivity contribution in [1.82, 2.24) is 0 Å². The van der Waals surface area contributed by atoms with E-state index in [0.717, 1.165) is 11.1 Å². The van der Waals surface area contributed by atoms with Gasteiger partial charge in [-0.05, 0) is 37.1 Å². The lowest BCUT2D eigenvalue weighted by Gasteiger charge is -2.00. The highest BCUT2D eigenvalue weighted by atomic mass is 32.2. The zero-order valence-corrected chi connectivity index (χ0v) is 7.64. The SMILES string of the molecule is Cc1c[c]c(S(=O)(=O)O)cc1C. The molecule has 1 aromatic rings. The Morgan fingerprint density at radius 3 is 2.33 bits per heavy atom. The summed E-state index contributed by atoms with van der Waals surface area (Å²) in [5.41, 5.74) is 1.77. The molecule has 0 aliphatic carbocycles. The molecule has 1 rings (SSSR count). The quantitative estimate of drug-likeness (QED) is 0.672. The summed E-state index contributed by atoms with van der Waals surface area (Å²) in [6, 6.07) is 5.41. The van der Waals surface area contributed by atoms with E-state index in [2.05, 4.69) is 6.07 Å². The molecule has 0 amide bonds. The number of hydrogen-bond donors (Lipinski definition) is 1. The third kappa shape index (κ3) is 1.84. The Morgan fingerprint density at radius 1 is 1.33 bits per heavy atom. The Balaban J connectivity index is 3.33. The first kappa shape index (κ1) is 9.22. The standard InChI is InChI=1S/C8H9O3S/c1-6-3-4-8(5-7(6)2)12(9,10)11/h3,5H,1-2H3,(H,9,10,11). The fraction of sp³-hybridized carbons (Fsp3) is 0.250. The van der Waals surface area contributed by atoms with Crippen LogP contribution in [0.25, 0.3) is 0 Å². The minimum atomic E-state index is -4.10. The normalized spacial score (nSPS) is 11.6. The number of hydrogen-bond acceptors (Lipinski definition) is 2. The fourth-order valence-corrected chi connectivity index (χ4v) is 1.33. The van der Waals surface area contributed by atoms with Gasteiger partial charge in [0.25, 0.3) is 10.1 Å². The monoisotopic (exact) mass is 185 g/mol. The van der Waals surface area contributed by atoms with E-state index in [-0.39, 0.29) is 4.90 Å². The molecule has 1 N–H and O–H groups in total. The van der Waals surface area contributed by atoms with E-state index in [1.54, 1.807) is 13.0 Å². The molecular weight excluding hydrogens is 176 g/mol. The summed E-state index contributed by atoms with van der Waals surface area (Å²) in [7, 11) is -4.10. The first-order valence-corrected chi connectivity index (χ1v) is 4.81. The molecule has 1 aromatic carbocycles. The van der Waals surface area contributed by atoms with Gasteiger partial charge in [-0.3, -0.25) is 4.55 Å². The second-order valence-electron chi connectivity index (χ2n) is 2.64. The van der Waals surface area contributed by atoms with Crippen LogP contribution in [-0.2, 0) is 10.1 Å². The Bertz CT molecular complexity index is 393. The van der Waals surface area contributed by atoms with E-state index in [1.807, 2.05) is 6.92 Å². The fourth-order valence-electron chi connectivity index (χ4n) is 0.794. The van der Waals surface area contributed by atoms with Gasteiger partial charge in [-0.25, -0.2) is 0 Å². The Morgan fingerprint density at radius 2 is 1.92 bits per heavy atom. The summed E-state index contributed by atoms with van der Waals surface area (Å²) in [4.78, 5) is -0.175. The minimum Gasteiger partial charge on any atom is -0.282 e. The summed E-state index contributed by atoms with van der Waals surface area (Å²) in [6.45, 7) is 3.62. The molecule has 0 saturated carbocycles. The molecule has 0 bridgehead atoms. The predicted octanol–water partition coefficient (Wildman–Crippen LogP) is 1.35. The molecule has 0 aromatic heterocycles. The van der Waals surface area contributed by atoms with Crippen molar-refractivity contribution in [1.29, 1.82) is 0 Å². The highest BCUT2D eigenvalue weighted by molar-refractivity contribution is 7.85. The van der Waals surface area contributed by atoms with Crippen LogP contribution in [0.1, 0.15) is 11.1 Å². The zero-order chi connectivity index (χ0) is 9.35. The Hall–Kier alpha value is -0.870. The summed E-state index contributed by atoms with van der Waals surface area (Å²) in [5.74, 6) is 0. The van der Waals surface area contributed by atoms with Crippen molar-refractivity contribution < 1.29 is 13.0 Å². The molecule has 1 radical (unpaired) electrons. The summed E-state index contributed by atoms with van der Waals surface area (Å²) in [5, 5.41) is 0. The molecule has 0 heterocycles. The van der Waals surface area contributed by atoms with E-state index in [1.165, 1.54) is 6.07 Å². The van der Waals surface area contributed by atoms with Crippen molar-refractivity contribution in [2.45, 2.75) is 18.7 Å². The molecule has 3 nitrogen and oxygen atoms in total. The molecule has 0 saturated heterocycles. The molecule has 0 aliphatic rings. The van der Waals surface area contributed by atoms with Gasteiger partial charge in [0.2, 0.25) is 0 Å². The highest BCUT2D eigenvalue weighted by Gasteiger charge is 2.09. The van der Waals surface area contributed by atoms with E-state index < -0.39 is 10.1 Å². The van der Waals surface area contributed by atoms with Crippen LogP contribution in [0.2, 0.25) is 0 Å². The minimum absolute atomic E-state index is 0.175. The summed E-state index contributed by atoms with van der Waals surface area (Å²) in [6.07, 6.45) is 0. The van der Waals surface area contributed by atoms with Gasteiger partial charge in [0.15, 0.2) is 0 Å². The van der Waals surface area contributed by atoms with Gasteiger partial charge in [0.1, 0.15) is 4.90 Å². The lowest BCUT2D eigenvalue weighted by atomic mass is 10.1. The molecule has 0 aliphatic heterocycles. The van der Waals surface area contributed by atoms with Gasteiger partial charge < -0.3 is 0 Å². The largest absolute Gasteiger partial charge is 0.295 e. The second-order valence-corrected chi connectivity index (χ2v) is 4.03. The average molecular weight is 185 g/mol. The van der Waals surface area contributed by atoms with Crippen molar-refractivity contribution in [3.05, 3.63) is 29.3 Å². The maximum Gasteiger partial charge on any atom is 0.295 e. The van der Waals surface area contributed by atoms with Crippen LogP contribution >= 0.6 is 0 Å². The first-order valence-electron chi connectivity index (χ1n) is 3.37. The van der Waals surface area contributed by atoms with Gasteiger partial charge in [-0.15, -0.1) is 0 Å². The van der Waals surface area contributed by atoms with Gasteiger partial charge in [-0.1, -0.05) is 0 Å². The topological polar surface area (TPSA) is 54.4 Å². The van der Waals surface area contributed by atoms with Crippen molar-refractivity contribution in [2.24, 2.45) is 0 Å². The lowest BCUT2D eigenvalue weighted by Crippen LogP contribution is -1.98. The molecule has 4 heteroatoms. The Labute approximate surface area is 71.8 Å². The van der Waals surface area contributed by atoms with Crippen LogP contribution in [0.3, 0.4) is 0 Å². The van der Waals surface area contributed by atoms with Crippen molar-refractivity contribution in [3.63, 3.8) is 0 Å². The number of rotatable bonds is 1. The first-order chi connectivity index (χ1) is 5.41. The van der Waals surface area contributed by atoms with Gasteiger partial charge in [0, 0.05) is 6.07 Å². The number of aryl methyl sites for hydroxylation is 2. The molecule has 0 unspecified atom stereocenters. The molecule has 12 heavy (non-hydrogen) atoms. The van der Waals surface area contributed by atoms with Crippen LogP contribution in [0.4, 0.5) is 0 Å². The third-order valence-corrected chi connectivity index (χ3v) is 2.47. The molecule has 65 valence electrons. The molecule has 0 spiro atoms. The van der Waals surface area contributed by atoms with E-state index in [4.69, 9.17) is 4.55 Å². The molecule has 0 atom stereocenters. The van der Waals surface area contributed by atoms with E-state index in [0.29, 0.717) is 0 Å². The van der Waals surface area contributed by atoms with Crippen molar-refractivity contribution in [2.75, 3.05) is 0 Å². The summed E-state index contributed by atoms with van der Waals surface area (Å²) < 4.78 is 29.9.